The Balaban J connectivity index is 0. The first-order valence-corrected chi connectivity index (χ1v) is 11.5. The fraction of sp³-hybridized carbons (Fsp3) is 0.875. The summed E-state index contributed by atoms with van der Waals surface area (Å²) in [5.74, 6) is -0.394. The quantitative estimate of drug-likeness (QED) is 0.152. The van der Waals surface area contributed by atoms with E-state index in [0.29, 0.717) is 0 Å². The van der Waals surface area contributed by atoms with Crippen molar-refractivity contribution in [2.24, 2.45) is 0 Å². The highest BCUT2D eigenvalue weighted by Crippen LogP contribution is 2.14. The molecule has 0 spiro atoms. The van der Waals surface area contributed by atoms with Crippen LogP contribution in [0.15, 0.2) is 12.7 Å². The Kier molecular flexibility index (Phi) is 26.5. The maximum atomic E-state index is 9.95. The number of aliphatic hydroxyl groups is 1. The summed E-state index contributed by atoms with van der Waals surface area (Å²) in [4.78, 5) is 9.84. The first-order valence-electron chi connectivity index (χ1n) is 11.5. The standard InChI is InChI=1S/C20H42O.C4H6O2/c1-3-5-7-9-11-12-13-15-17-19-20(21)18-16-14-10-8-6-4-2;1-3-4(5)6-2/h20-21H,3-19H2,1-2H3;3H,1H2,2H3. The molecule has 0 saturated heterocycles. The van der Waals surface area contributed by atoms with Gasteiger partial charge in [0, 0.05) is 6.08 Å². The van der Waals surface area contributed by atoms with Crippen LogP contribution >= 0.6 is 0 Å². The SMILES string of the molecule is C=CC(=O)OC.CCCCCCCCCCCC(O)CCCCCCCC. The van der Waals surface area contributed by atoms with E-state index in [9.17, 15) is 9.90 Å². The van der Waals surface area contributed by atoms with Crippen molar-refractivity contribution in [3.63, 3.8) is 0 Å². The van der Waals surface area contributed by atoms with Crippen molar-refractivity contribution < 1.29 is 14.6 Å². The van der Waals surface area contributed by atoms with Gasteiger partial charge in [-0.25, -0.2) is 4.79 Å². The van der Waals surface area contributed by atoms with Crippen LogP contribution < -0.4 is 0 Å². The summed E-state index contributed by atoms with van der Waals surface area (Å²) in [7, 11) is 1.31. The van der Waals surface area contributed by atoms with Gasteiger partial charge in [0.1, 0.15) is 0 Å². The van der Waals surface area contributed by atoms with Gasteiger partial charge in [-0.05, 0) is 12.8 Å². The van der Waals surface area contributed by atoms with E-state index in [1.54, 1.807) is 0 Å². The van der Waals surface area contributed by atoms with Crippen molar-refractivity contribution >= 4 is 5.97 Å². The largest absolute Gasteiger partial charge is 0.466 e. The van der Waals surface area contributed by atoms with Crippen molar-refractivity contribution in [2.45, 2.75) is 129 Å². The van der Waals surface area contributed by atoms with Crippen molar-refractivity contribution in [3.8, 4) is 0 Å². The molecule has 0 aliphatic carbocycles. The number of methoxy groups -OCH3 is 1. The second-order valence-corrected chi connectivity index (χ2v) is 7.55. The van der Waals surface area contributed by atoms with Gasteiger partial charge >= 0.3 is 5.97 Å². The lowest BCUT2D eigenvalue weighted by Gasteiger charge is -2.10. The summed E-state index contributed by atoms with van der Waals surface area (Å²) < 4.78 is 4.14. The van der Waals surface area contributed by atoms with Crippen molar-refractivity contribution in [2.75, 3.05) is 7.11 Å². The second-order valence-electron chi connectivity index (χ2n) is 7.55. The molecule has 1 atom stereocenters. The lowest BCUT2D eigenvalue weighted by atomic mass is 10.0. The molecule has 3 nitrogen and oxygen atoms in total. The molecule has 1 unspecified atom stereocenters. The molecule has 0 aliphatic heterocycles. The maximum Gasteiger partial charge on any atom is 0.329 e. The average Bonchev–Trinajstić information content (AvgIpc) is 2.69. The van der Waals surface area contributed by atoms with Gasteiger partial charge in [-0.15, -0.1) is 0 Å². The third-order valence-corrected chi connectivity index (χ3v) is 4.90. The summed E-state index contributed by atoms with van der Waals surface area (Å²) in [5, 5.41) is 9.95. The molecule has 162 valence electrons. The molecule has 0 radical (unpaired) electrons. The fourth-order valence-electron chi connectivity index (χ4n) is 3.08. The van der Waals surface area contributed by atoms with Crippen LogP contribution in [-0.4, -0.2) is 24.3 Å². The zero-order chi connectivity index (χ0) is 20.6. The second kappa shape index (κ2) is 25.2. The minimum Gasteiger partial charge on any atom is -0.466 e. The molecular weight excluding hydrogens is 336 g/mol. The zero-order valence-electron chi connectivity index (χ0n) is 18.6. The smallest absolute Gasteiger partial charge is 0.329 e. The molecule has 0 rings (SSSR count). The Hall–Kier alpha value is -0.830. The Morgan fingerprint density at radius 1 is 0.778 bits per heavy atom. The van der Waals surface area contributed by atoms with Gasteiger partial charge in [-0.2, -0.15) is 0 Å². The monoisotopic (exact) mass is 384 g/mol. The number of hydrogen-bond acceptors (Lipinski definition) is 3. The highest BCUT2D eigenvalue weighted by atomic mass is 16.5. The number of carbonyl (C=O) groups excluding carboxylic acids is 1. The summed E-state index contributed by atoms with van der Waals surface area (Å²) >= 11 is 0. The minimum atomic E-state index is -0.394. The van der Waals surface area contributed by atoms with E-state index >= 15 is 0 Å². The van der Waals surface area contributed by atoms with Crippen LogP contribution in [0.5, 0.6) is 0 Å². The van der Waals surface area contributed by atoms with Gasteiger partial charge in [0.2, 0.25) is 0 Å². The normalized spacial score (nSPS) is 11.4. The number of aliphatic hydroxyl groups excluding tert-OH is 1. The topological polar surface area (TPSA) is 46.5 Å². The van der Waals surface area contributed by atoms with Crippen LogP contribution in [0.3, 0.4) is 0 Å². The maximum absolute atomic E-state index is 9.95. The Morgan fingerprint density at radius 2 is 1.11 bits per heavy atom. The first-order chi connectivity index (χ1) is 13.1. The van der Waals surface area contributed by atoms with E-state index < -0.39 is 5.97 Å². The Labute approximate surface area is 170 Å². The average molecular weight is 385 g/mol. The number of esters is 1. The van der Waals surface area contributed by atoms with Crippen molar-refractivity contribution in [3.05, 3.63) is 12.7 Å². The van der Waals surface area contributed by atoms with E-state index in [1.165, 1.54) is 103 Å². The first kappa shape index (κ1) is 28.4. The highest BCUT2D eigenvalue weighted by molar-refractivity contribution is 5.80. The van der Waals surface area contributed by atoms with Crippen LogP contribution in [0, 0.1) is 0 Å². The molecule has 0 amide bonds. The Bertz CT molecular complexity index is 302. The van der Waals surface area contributed by atoms with Gasteiger partial charge in [0.05, 0.1) is 13.2 Å². The highest BCUT2D eigenvalue weighted by Gasteiger charge is 2.03. The lowest BCUT2D eigenvalue weighted by Crippen LogP contribution is -2.05. The molecule has 0 fully saturated rings. The van der Waals surface area contributed by atoms with Gasteiger partial charge in [0.15, 0.2) is 0 Å². The molecule has 0 bridgehead atoms. The fourth-order valence-corrected chi connectivity index (χ4v) is 3.08. The molecule has 0 aromatic rings. The van der Waals surface area contributed by atoms with Crippen LogP contribution in [0.4, 0.5) is 0 Å². The van der Waals surface area contributed by atoms with Crippen molar-refractivity contribution in [1.82, 2.24) is 0 Å². The molecule has 0 heterocycles. The van der Waals surface area contributed by atoms with Crippen LogP contribution in [0.2, 0.25) is 0 Å². The predicted octanol–water partition coefficient (Wildman–Crippen LogP) is 7.36. The molecule has 0 aliphatic rings. The van der Waals surface area contributed by atoms with Crippen molar-refractivity contribution in [1.29, 1.82) is 0 Å². The summed E-state index contributed by atoms with van der Waals surface area (Å²) in [6.07, 6.45) is 23.5. The van der Waals surface area contributed by atoms with Crippen LogP contribution in [-0.2, 0) is 9.53 Å². The number of ether oxygens (including phenoxy) is 1. The molecule has 0 aromatic heterocycles. The third kappa shape index (κ3) is 27.5. The summed E-state index contributed by atoms with van der Waals surface area (Å²) in [6.45, 7) is 7.69. The third-order valence-electron chi connectivity index (χ3n) is 4.90. The molecule has 0 aromatic carbocycles. The lowest BCUT2D eigenvalue weighted by molar-refractivity contribution is -0.134. The molecule has 1 N–H and O–H groups in total. The molecule has 0 saturated carbocycles. The molecular formula is C24H48O3. The summed E-state index contributed by atoms with van der Waals surface area (Å²) in [6, 6.07) is 0. The number of hydrogen-bond donors (Lipinski definition) is 1. The van der Waals surface area contributed by atoms with E-state index in [0.717, 1.165) is 18.9 Å². The number of rotatable bonds is 18. The molecule has 3 heteroatoms. The Morgan fingerprint density at radius 3 is 1.37 bits per heavy atom. The molecule has 27 heavy (non-hydrogen) atoms. The van der Waals surface area contributed by atoms with Gasteiger partial charge < -0.3 is 9.84 Å². The van der Waals surface area contributed by atoms with Gasteiger partial charge in [-0.1, -0.05) is 117 Å². The number of unbranched alkanes of at least 4 members (excludes halogenated alkanes) is 13. The zero-order valence-corrected chi connectivity index (χ0v) is 18.6. The van der Waals surface area contributed by atoms with Gasteiger partial charge in [-0.3, -0.25) is 0 Å². The van der Waals surface area contributed by atoms with Crippen LogP contribution in [0.25, 0.3) is 0 Å². The van der Waals surface area contributed by atoms with E-state index in [-0.39, 0.29) is 6.10 Å². The summed E-state index contributed by atoms with van der Waals surface area (Å²) in [5.41, 5.74) is 0. The van der Waals surface area contributed by atoms with Gasteiger partial charge in [0.25, 0.3) is 0 Å². The van der Waals surface area contributed by atoms with E-state index in [4.69, 9.17) is 0 Å². The predicted molar refractivity (Wildman–Crippen MR) is 118 cm³/mol. The van der Waals surface area contributed by atoms with E-state index in [1.807, 2.05) is 0 Å². The van der Waals surface area contributed by atoms with Crippen LogP contribution in [0.1, 0.15) is 123 Å². The minimum absolute atomic E-state index is 0.0271. The van der Waals surface area contributed by atoms with E-state index in [2.05, 4.69) is 25.2 Å². The number of carbonyl (C=O) groups is 1.